The molecule has 1 saturated heterocycles. The lowest BCUT2D eigenvalue weighted by Gasteiger charge is -2.27. The Morgan fingerprint density at radius 2 is 2.20 bits per heavy atom. The zero-order valence-corrected chi connectivity index (χ0v) is 11.4. The van der Waals surface area contributed by atoms with E-state index in [1.807, 2.05) is 7.05 Å². The molecule has 2 aliphatic heterocycles. The van der Waals surface area contributed by atoms with Crippen LogP contribution in [0.25, 0.3) is 0 Å². The highest BCUT2D eigenvalue weighted by atomic mass is 19.1. The first kappa shape index (κ1) is 13.5. The molecule has 2 heterocycles. The molecule has 0 radical (unpaired) electrons. The molecule has 0 aliphatic carbocycles. The number of nitrogens with two attached hydrogens (primary N) is 1. The van der Waals surface area contributed by atoms with Crippen molar-refractivity contribution in [2.75, 3.05) is 33.4 Å². The predicted octanol–water partition coefficient (Wildman–Crippen LogP) is 1.25. The van der Waals surface area contributed by atoms with Crippen LogP contribution in [-0.4, -0.2) is 43.4 Å². The first-order chi connectivity index (χ1) is 9.61. The maximum atomic E-state index is 13.9. The first-order valence-electron chi connectivity index (χ1n) is 6.83. The van der Waals surface area contributed by atoms with Gasteiger partial charge in [0.25, 0.3) is 0 Å². The summed E-state index contributed by atoms with van der Waals surface area (Å²) in [5, 5.41) is 10.1. The predicted molar refractivity (Wildman–Crippen MR) is 71.6 cm³/mol. The first-order valence-corrected chi connectivity index (χ1v) is 6.83. The lowest BCUT2D eigenvalue weighted by molar-refractivity contribution is 0.163. The van der Waals surface area contributed by atoms with Gasteiger partial charge < -0.3 is 20.3 Å². The average Bonchev–Trinajstić information content (AvgIpc) is 2.81. The van der Waals surface area contributed by atoms with Gasteiger partial charge in [0.15, 0.2) is 23.1 Å². The highest BCUT2D eigenvalue weighted by Gasteiger charge is 2.36. The summed E-state index contributed by atoms with van der Waals surface area (Å²) in [5.74, 6) is 0.154. The van der Waals surface area contributed by atoms with Crippen LogP contribution in [0, 0.1) is 11.7 Å². The molecule has 0 saturated carbocycles. The number of likely N-dealkylation sites (tertiary alicyclic amines) is 1. The van der Waals surface area contributed by atoms with Crippen LogP contribution in [0.15, 0.2) is 6.07 Å². The molecule has 6 heteroatoms. The second-order valence-electron chi connectivity index (χ2n) is 5.44. The zero-order valence-electron chi connectivity index (χ0n) is 11.4. The van der Waals surface area contributed by atoms with Gasteiger partial charge in [-0.1, -0.05) is 0 Å². The second kappa shape index (κ2) is 5.10. The number of aromatic hydroxyl groups is 1. The summed E-state index contributed by atoms with van der Waals surface area (Å²) in [6, 6.07) is 1.08. The second-order valence-corrected chi connectivity index (χ2v) is 5.44. The highest BCUT2D eigenvalue weighted by molar-refractivity contribution is 5.56. The number of rotatable bonds is 2. The number of halogens is 1. The Balaban J connectivity index is 2.06. The Kier molecular flexibility index (Phi) is 3.43. The Morgan fingerprint density at radius 1 is 1.45 bits per heavy atom. The molecule has 3 N–H and O–H groups in total. The summed E-state index contributed by atoms with van der Waals surface area (Å²) in [6.07, 6.45) is 0.778. The molecule has 0 bridgehead atoms. The minimum atomic E-state index is -0.672. The van der Waals surface area contributed by atoms with Crippen molar-refractivity contribution in [3.8, 4) is 17.2 Å². The van der Waals surface area contributed by atoms with E-state index in [-0.39, 0.29) is 11.8 Å². The molecule has 1 aromatic rings. The zero-order chi connectivity index (χ0) is 14.3. The van der Waals surface area contributed by atoms with Crippen LogP contribution < -0.4 is 15.2 Å². The molecule has 2 aliphatic rings. The maximum absolute atomic E-state index is 13.9. The van der Waals surface area contributed by atoms with Crippen LogP contribution in [0.2, 0.25) is 0 Å². The highest BCUT2D eigenvalue weighted by Crippen LogP contribution is 2.48. The Hall–Kier alpha value is -1.53. The molecule has 1 aromatic carbocycles. The molecule has 2 unspecified atom stereocenters. The van der Waals surface area contributed by atoms with Crippen molar-refractivity contribution in [1.29, 1.82) is 0 Å². The lowest BCUT2D eigenvalue weighted by Crippen LogP contribution is -2.23. The third-order valence-electron chi connectivity index (χ3n) is 4.10. The fourth-order valence-electron chi connectivity index (χ4n) is 3.09. The molecule has 1 fully saturated rings. The van der Waals surface area contributed by atoms with Gasteiger partial charge in [0, 0.05) is 18.7 Å². The third-order valence-corrected chi connectivity index (χ3v) is 4.10. The normalized spacial score (nSPS) is 25.9. The number of hydrogen-bond acceptors (Lipinski definition) is 5. The van der Waals surface area contributed by atoms with E-state index >= 15 is 0 Å². The van der Waals surface area contributed by atoms with Crippen molar-refractivity contribution in [2.45, 2.75) is 12.5 Å². The quantitative estimate of drug-likeness (QED) is 0.854. The van der Waals surface area contributed by atoms with Crippen LogP contribution >= 0.6 is 0 Å². The van der Waals surface area contributed by atoms with Crippen molar-refractivity contribution in [3.63, 3.8) is 0 Å². The smallest absolute Gasteiger partial charge is 0.170 e. The topological polar surface area (TPSA) is 68.0 Å². The molecule has 0 aromatic heterocycles. The van der Waals surface area contributed by atoms with E-state index in [2.05, 4.69) is 4.90 Å². The summed E-state index contributed by atoms with van der Waals surface area (Å²) >= 11 is 0. The van der Waals surface area contributed by atoms with E-state index in [0.717, 1.165) is 13.0 Å². The molecule has 0 spiro atoms. The number of phenolic OH excluding ortho intramolecular Hbond substituents is 1. The van der Waals surface area contributed by atoms with E-state index in [4.69, 9.17) is 15.2 Å². The number of fused-ring (bicyclic) bond motifs is 1. The van der Waals surface area contributed by atoms with Gasteiger partial charge in [-0.15, -0.1) is 0 Å². The van der Waals surface area contributed by atoms with Gasteiger partial charge >= 0.3 is 0 Å². The van der Waals surface area contributed by atoms with Crippen molar-refractivity contribution in [3.05, 3.63) is 17.4 Å². The van der Waals surface area contributed by atoms with Crippen molar-refractivity contribution >= 4 is 0 Å². The summed E-state index contributed by atoms with van der Waals surface area (Å²) < 4.78 is 24.9. The monoisotopic (exact) mass is 282 g/mol. The van der Waals surface area contributed by atoms with Crippen molar-refractivity contribution in [1.82, 2.24) is 4.90 Å². The van der Waals surface area contributed by atoms with Crippen molar-refractivity contribution < 1.29 is 19.0 Å². The van der Waals surface area contributed by atoms with Crippen molar-refractivity contribution in [2.24, 2.45) is 11.7 Å². The standard InChI is InChI=1S/C14H19FN2O3/c1-17-7-8(6-16)4-10(17)12-13(18)9(15)5-11-14(12)20-3-2-19-11/h5,8,10,18H,2-4,6-7,16H2,1H3. The van der Waals surface area contributed by atoms with Gasteiger partial charge in [-0.25, -0.2) is 4.39 Å². The average molecular weight is 282 g/mol. The minimum Gasteiger partial charge on any atom is -0.504 e. The van der Waals surface area contributed by atoms with Crippen LogP contribution in [0.4, 0.5) is 4.39 Å². The molecule has 5 nitrogen and oxygen atoms in total. The maximum Gasteiger partial charge on any atom is 0.170 e. The van der Waals surface area contributed by atoms with Crippen LogP contribution in [0.1, 0.15) is 18.0 Å². The fourth-order valence-corrected chi connectivity index (χ4v) is 3.09. The molecule has 110 valence electrons. The summed E-state index contributed by atoms with van der Waals surface area (Å²) in [5.41, 5.74) is 6.21. The summed E-state index contributed by atoms with van der Waals surface area (Å²) in [7, 11) is 1.95. The molecule has 2 atom stereocenters. The van der Waals surface area contributed by atoms with Gasteiger partial charge in [-0.2, -0.15) is 0 Å². The largest absolute Gasteiger partial charge is 0.504 e. The Morgan fingerprint density at radius 3 is 2.90 bits per heavy atom. The van der Waals surface area contributed by atoms with Gasteiger partial charge in [0.05, 0.1) is 5.56 Å². The van der Waals surface area contributed by atoms with Crippen LogP contribution in [0.3, 0.4) is 0 Å². The molecule has 3 rings (SSSR count). The minimum absolute atomic E-state index is 0.102. The van der Waals surface area contributed by atoms with Gasteiger partial charge in [-0.05, 0) is 25.9 Å². The van der Waals surface area contributed by atoms with E-state index in [9.17, 15) is 9.50 Å². The summed E-state index contributed by atoms with van der Waals surface area (Å²) in [4.78, 5) is 2.07. The van der Waals surface area contributed by atoms with E-state index in [1.165, 1.54) is 6.07 Å². The summed E-state index contributed by atoms with van der Waals surface area (Å²) in [6.45, 7) is 2.20. The number of hydrogen-bond donors (Lipinski definition) is 2. The third kappa shape index (κ3) is 2.09. The van der Waals surface area contributed by atoms with Gasteiger partial charge in [-0.3, -0.25) is 4.90 Å². The number of benzene rings is 1. The Labute approximate surface area is 117 Å². The van der Waals surface area contributed by atoms with Crippen LogP contribution in [-0.2, 0) is 0 Å². The van der Waals surface area contributed by atoms with Gasteiger partial charge in [0.1, 0.15) is 13.2 Å². The van der Waals surface area contributed by atoms with Gasteiger partial charge in [0.2, 0.25) is 0 Å². The van der Waals surface area contributed by atoms with E-state index in [0.29, 0.717) is 42.7 Å². The molecular formula is C14H19FN2O3. The molecule has 0 amide bonds. The number of phenols is 1. The SMILES string of the molecule is CN1CC(CN)CC1c1c(O)c(F)cc2c1OCCO2. The Bertz CT molecular complexity index is 524. The number of nitrogens with zero attached hydrogens (tertiary/aromatic N) is 1. The lowest BCUT2D eigenvalue weighted by atomic mass is 9.97. The molecule has 20 heavy (non-hydrogen) atoms. The van der Waals surface area contributed by atoms with E-state index in [1.54, 1.807) is 0 Å². The fraction of sp³-hybridized carbons (Fsp3) is 0.571. The molecular weight excluding hydrogens is 263 g/mol. The van der Waals surface area contributed by atoms with Crippen LogP contribution in [0.5, 0.6) is 17.2 Å². The number of ether oxygens (including phenoxy) is 2. The van der Waals surface area contributed by atoms with E-state index < -0.39 is 5.82 Å².